The van der Waals surface area contributed by atoms with E-state index in [1.165, 1.54) is 12.7 Å². The summed E-state index contributed by atoms with van der Waals surface area (Å²) in [5, 5.41) is 3.30. The highest BCUT2D eigenvalue weighted by molar-refractivity contribution is 5.89. The van der Waals surface area contributed by atoms with Crippen LogP contribution in [-0.4, -0.2) is 13.1 Å². The van der Waals surface area contributed by atoms with Gasteiger partial charge in [0.05, 0.1) is 12.7 Å². The molecule has 3 heteroatoms. The van der Waals surface area contributed by atoms with Gasteiger partial charge in [-0.2, -0.15) is 0 Å². The number of nitrogens with one attached hydrogen (secondary N) is 1. The molecule has 0 atom stereocenters. The Kier molecular flexibility index (Phi) is 4.41. The molecular weight excluding hydrogens is 250 g/mol. The van der Waals surface area contributed by atoms with Crippen LogP contribution in [0.15, 0.2) is 48.5 Å². The molecule has 1 N–H and O–H groups in total. The number of anilines is 2. The molecule has 0 radical (unpaired) electrons. The summed E-state index contributed by atoms with van der Waals surface area (Å²) in [6.45, 7) is 4.35. The summed E-state index contributed by atoms with van der Waals surface area (Å²) >= 11 is 0. The highest BCUT2D eigenvalue weighted by atomic mass is 16.5. The van der Waals surface area contributed by atoms with Gasteiger partial charge in [-0.3, -0.25) is 0 Å². The van der Waals surface area contributed by atoms with Crippen molar-refractivity contribution in [3.8, 4) is 0 Å². The summed E-state index contributed by atoms with van der Waals surface area (Å²) in [7, 11) is 1.38. The molecule has 0 unspecified atom stereocenters. The molecule has 0 amide bonds. The van der Waals surface area contributed by atoms with Crippen molar-refractivity contribution in [2.24, 2.45) is 0 Å². The number of rotatable bonds is 4. The van der Waals surface area contributed by atoms with Crippen LogP contribution in [0.5, 0.6) is 0 Å². The van der Waals surface area contributed by atoms with Crippen LogP contribution in [0.2, 0.25) is 0 Å². The van der Waals surface area contributed by atoms with Gasteiger partial charge in [0.15, 0.2) is 0 Å². The molecule has 0 aliphatic heterocycles. The van der Waals surface area contributed by atoms with E-state index in [1.54, 1.807) is 12.1 Å². The molecule has 0 spiro atoms. The second-order valence-corrected chi connectivity index (χ2v) is 4.97. The van der Waals surface area contributed by atoms with E-state index in [2.05, 4.69) is 48.2 Å². The maximum absolute atomic E-state index is 11.3. The maximum atomic E-state index is 11.3. The van der Waals surface area contributed by atoms with Crippen molar-refractivity contribution in [2.75, 3.05) is 12.4 Å². The smallest absolute Gasteiger partial charge is 0.337 e. The largest absolute Gasteiger partial charge is 0.465 e. The Morgan fingerprint density at radius 3 is 1.90 bits per heavy atom. The summed E-state index contributed by atoms with van der Waals surface area (Å²) < 4.78 is 4.67. The van der Waals surface area contributed by atoms with E-state index in [0.29, 0.717) is 11.5 Å². The second-order valence-electron chi connectivity index (χ2n) is 4.97. The first-order chi connectivity index (χ1) is 9.60. The Balaban J connectivity index is 2.08. The summed E-state index contributed by atoms with van der Waals surface area (Å²) in [4.78, 5) is 11.3. The topological polar surface area (TPSA) is 38.3 Å². The van der Waals surface area contributed by atoms with E-state index in [9.17, 15) is 4.79 Å². The average molecular weight is 269 g/mol. The van der Waals surface area contributed by atoms with Crippen molar-refractivity contribution >= 4 is 17.3 Å². The molecule has 0 aromatic heterocycles. The van der Waals surface area contributed by atoms with Gasteiger partial charge in [0, 0.05) is 11.4 Å². The summed E-state index contributed by atoms with van der Waals surface area (Å²) in [6, 6.07) is 15.6. The molecule has 20 heavy (non-hydrogen) atoms. The van der Waals surface area contributed by atoms with Crippen LogP contribution in [0.3, 0.4) is 0 Å². The van der Waals surface area contributed by atoms with Crippen LogP contribution in [0, 0.1) is 0 Å². The van der Waals surface area contributed by atoms with E-state index in [0.717, 1.165) is 11.4 Å². The predicted molar refractivity (Wildman–Crippen MR) is 81.6 cm³/mol. The van der Waals surface area contributed by atoms with Gasteiger partial charge in [-0.1, -0.05) is 26.0 Å². The summed E-state index contributed by atoms with van der Waals surface area (Å²) in [6.07, 6.45) is 0. The zero-order valence-corrected chi connectivity index (χ0v) is 12.0. The van der Waals surface area contributed by atoms with Gasteiger partial charge in [0.2, 0.25) is 0 Å². The van der Waals surface area contributed by atoms with E-state index in [-0.39, 0.29) is 5.97 Å². The third kappa shape index (κ3) is 3.38. The molecule has 0 fully saturated rings. The van der Waals surface area contributed by atoms with Crippen LogP contribution in [0.1, 0.15) is 35.7 Å². The molecule has 0 aliphatic rings. The first-order valence-electron chi connectivity index (χ1n) is 6.65. The number of carbonyl (C=O) groups excluding carboxylic acids is 1. The predicted octanol–water partition coefficient (Wildman–Crippen LogP) is 4.34. The quantitative estimate of drug-likeness (QED) is 0.839. The molecule has 0 aliphatic carbocycles. The summed E-state index contributed by atoms with van der Waals surface area (Å²) in [5.41, 5.74) is 3.83. The number of hydrogen-bond donors (Lipinski definition) is 1. The van der Waals surface area contributed by atoms with E-state index in [4.69, 9.17) is 0 Å². The minimum Gasteiger partial charge on any atom is -0.465 e. The third-order valence-electron chi connectivity index (χ3n) is 3.17. The molecule has 0 bridgehead atoms. The number of ether oxygens (including phenoxy) is 1. The third-order valence-corrected chi connectivity index (χ3v) is 3.17. The lowest BCUT2D eigenvalue weighted by Crippen LogP contribution is -2.00. The molecule has 0 heterocycles. The van der Waals surface area contributed by atoms with Crippen LogP contribution < -0.4 is 5.32 Å². The fraction of sp³-hybridized carbons (Fsp3) is 0.235. The highest BCUT2D eigenvalue weighted by Gasteiger charge is 2.04. The Bertz CT molecular complexity index is 571. The van der Waals surface area contributed by atoms with Crippen LogP contribution in [0.4, 0.5) is 11.4 Å². The van der Waals surface area contributed by atoms with Crippen molar-refractivity contribution < 1.29 is 9.53 Å². The molecule has 3 nitrogen and oxygen atoms in total. The number of benzene rings is 2. The Labute approximate surface area is 119 Å². The highest BCUT2D eigenvalue weighted by Crippen LogP contribution is 2.21. The maximum Gasteiger partial charge on any atom is 0.337 e. The SMILES string of the molecule is COC(=O)c1ccc(Nc2ccc(C(C)C)cc2)cc1. The summed E-state index contributed by atoms with van der Waals surface area (Å²) in [5.74, 6) is 0.209. The Morgan fingerprint density at radius 2 is 1.45 bits per heavy atom. The van der Waals surface area contributed by atoms with Crippen molar-refractivity contribution in [1.29, 1.82) is 0 Å². The van der Waals surface area contributed by atoms with Gasteiger partial charge in [0.25, 0.3) is 0 Å². The zero-order chi connectivity index (χ0) is 14.5. The molecule has 2 rings (SSSR count). The van der Waals surface area contributed by atoms with Crippen molar-refractivity contribution in [1.82, 2.24) is 0 Å². The molecule has 104 valence electrons. The normalized spacial score (nSPS) is 10.4. The van der Waals surface area contributed by atoms with E-state index in [1.807, 2.05) is 12.1 Å². The Morgan fingerprint density at radius 1 is 0.950 bits per heavy atom. The van der Waals surface area contributed by atoms with Crippen LogP contribution in [-0.2, 0) is 4.74 Å². The fourth-order valence-electron chi connectivity index (χ4n) is 1.93. The van der Waals surface area contributed by atoms with Crippen molar-refractivity contribution in [3.05, 3.63) is 59.7 Å². The molecule has 2 aromatic rings. The second kappa shape index (κ2) is 6.24. The first kappa shape index (κ1) is 14.1. The monoisotopic (exact) mass is 269 g/mol. The fourth-order valence-corrected chi connectivity index (χ4v) is 1.93. The van der Waals surface area contributed by atoms with Crippen LogP contribution >= 0.6 is 0 Å². The lowest BCUT2D eigenvalue weighted by atomic mass is 10.0. The van der Waals surface area contributed by atoms with Gasteiger partial charge in [-0.15, -0.1) is 0 Å². The molecule has 0 saturated carbocycles. The molecule has 0 saturated heterocycles. The van der Waals surface area contributed by atoms with E-state index < -0.39 is 0 Å². The van der Waals surface area contributed by atoms with Crippen LogP contribution in [0.25, 0.3) is 0 Å². The lowest BCUT2D eigenvalue weighted by Gasteiger charge is -2.09. The van der Waals surface area contributed by atoms with Crippen molar-refractivity contribution in [2.45, 2.75) is 19.8 Å². The first-order valence-corrected chi connectivity index (χ1v) is 6.65. The minimum absolute atomic E-state index is 0.321. The van der Waals surface area contributed by atoms with Gasteiger partial charge < -0.3 is 10.1 Å². The zero-order valence-electron chi connectivity index (χ0n) is 12.0. The van der Waals surface area contributed by atoms with Gasteiger partial charge in [0.1, 0.15) is 0 Å². The van der Waals surface area contributed by atoms with E-state index >= 15 is 0 Å². The molecular formula is C17H19NO2. The standard InChI is InChI=1S/C17H19NO2/c1-12(2)13-4-8-15(9-5-13)18-16-10-6-14(7-11-16)17(19)20-3/h4-12,18H,1-3H3. The Hall–Kier alpha value is -2.29. The number of esters is 1. The lowest BCUT2D eigenvalue weighted by molar-refractivity contribution is 0.0601. The van der Waals surface area contributed by atoms with Gasteiger partial charge in [-0.25, -0.2) is 4.79 Å². The average Bonchev–Trinajstić information content (AvgIpc) is 2.48. The minimum atomic E-state index is -0.321. The number of hydrogen-bond acceptors (Lipinski definition) is 3. The molecule has 2 aromatic carbocycles. The van der Waals surface area contributed by atoms with Crippen molar-refractivity contribution in [3.63, 3.8) is 0 Å². The van der Waals surface area contributed by atoms with Gasteiger partial charge in [-0.05, 0) is 47.9 Å². The number of methoxy groups -OCH3 is 1. The number of carbonyl (C=O) groups is 1. The van der Waals surface area contributed by atoms with Gasteiger partial charge >= 0.3 is 5.97 Å².